The van der Waals surface area contributed by atoms with E-state index in [1.165, 1.54) is 32.2 Å². The Hall–Kier alpha value is -2.78. The van der Waals surface area contributed by atoms with Gasteiger partial charge in [-0.05, 0) is 50.1 Å². The van der Waals surface area contributed by atoms with Gasteiger partial charge >= 0.3 is 0 Å². The fourth-order valence-corrected chi connectivity index (χ4v) is 5.13. The quantitative estimate of drug-likeness (QED) is 0.656. The number of sulfonamides is 1. The van der Waals surface area contributed by atoms with Crippen molar-refractivity contribution in [3.05, 3.63) is 53.1 Å². The van der Waals surface area contributed by atoms with E-state index in [1.807, 2.05) is 0 Å². The number of methoxy groups -OCH3 is 1. The summed E-state index contributed by atoms with van der Waals surface area (Å²) in [5.74, 6) is -0.354. The molecule has 10 heteroatoms. The first-order valence-corrected chi connectivity index (χ1v) is 12.4. The van der Waals surface area contributed by atoms with Crippen molar-refractivity contribution >= 4 is 44.8 Å². The van der Waals surface area contributed by atoms with E-state index >= 15 is 0 Å². The zero-order chi connectivity index (χ0) is 23.5. The minimum atomic E-state index is -3.83. The number of likely N-dealkylation sites (tertiary alicyclic amines) is 1. The average Bonchev–Trinajstić information content (AvgIpc) is 3.28. The highest BCUT2D eigenvalue weighted by atomic mass is 35.5. The van der Waals surface area contributed by atoms with Crippen LogP contribution >= 0.6 is 11.6 Å². The monoisotopic (exact) mass is 479 g/mol. The molecule has 0 spiro atoms. The van der Waals surface area contributed by atoms with Crippen molar-refractivity contribution in [2.75, 3.05) is 36.1 Å². The largest absolute Gasteiger partial charge is 0.495 e. The van der Waals surface area contributed by atoms with Crippen LogP contribution in [0.2, 0.25) is 5.02 Å². The molecule has 1 aliphatic rings. The third-order valence-electron chi connectivity index (χ3n) is 5.29. The summed E-state index contributed by atoms with van der Waals surface area (Å²) in [5, 5.41) is 2.94. The topological polar surface area (TPSA) is 96.0 Å². The summed E-state index contributed by atoms with van der Waals surface area (Å²) in [4.78, 5) is 27.7. The Bertz CT molecular complexity index is 1120. The van der Waals surface area contributed by atoms with Crippen LogP contribution in [-0.4, -0.2) is 57.6 Å². The van der Waals surface area contributed by atoms with Crippen LogP contribution in [0.4, 0.5) is 11.4 Å². The summed E-state index contributed by atoms with van der Waals surface area (Å²) in [5.41, 5.74) is 0.929. The maximum atomic E-state index is 13.1. The van der Waals surface area contributed by atoms with E-state index in [2.05, 4.69) is 5.32 Å². The van der Waals surface area contributed by atoms with Crippen LogP contribution in [-0.2, 0) is 14.8 Å². The Labute approximate surface area is 193 Å². The Balaban J connectivity index is 1.88. The van der Waals surface area contributed by atoms with E-state index in [0.717, 1.165) is 23.4 Å². The molecule has 8 nitrogen and oxygen atoms in total. The molecule has 2 aromatic rings. The predicted molar refractivity (Wildman–Crippen MR) is 125 cm³/mol. The van der Waals surface area contributed by atoms with Crippen molar-refractivity contribution in [2.24, 2.45) is 0 Å². The second-order valence-electron chi connectivity index (χ2n) is 7.59. The number of carbonyl (C=O) groups excluding carboxylic acids is 2. The molecule has 1 aliphatic heterocycles. The van der Waals surface area contributed by atoms with E-state index in [4.69, 9.17) is 16.3 Å². The van der Waals surface area contributed by atoms with E-state index in [9.17, 15) is 18.0 Å². The summed E-state index contributed by atoms with van der Waals surface area (Å²) < 4.78 is 31.2. The highest BCUT2D eigenvalue weighted by molar-refractivity contribution is 7.92. The van der Waals surface area contributed by atoms with Crippen molar-refractivity contribution in [1.29, 1.82) is 0 Å². The number of halogens is 1. The molecule has 0 bridgehead atoms. The first-order valence-electron chi connectivity index (χ1n) is 10.2. The molecule has 1 N–H and O–H groups in total. The first-order chi connectivity index (χ1) is 15.1. The van der Waals surface area contributed by atoms with Gasteiger partial charge in [-0.15, -0.1) is 0 Å². The zero-order valence-corrected chi connectivity index (χ0v) is 19.7. The molecule has 1 atom stereocenters. The Morgan fingerprint density at radius 3 is 2.41 bits per heavy atom. The van der Waals surface area contributed by atoms with Gasteiger partial charge in [-0.1, -0.05) is 23.7 Å². The van der Waals surface area contributed by atoms with Gasteiger partial charge in [0.05, 0.1) is 35.3 Å². The number of rotatable bonds is 7. The second kappa shape index (κ2) is 9.79. The van der Waals surface area contributed by atoms with Crippen molar-refractivity contribution < 1.29 is 22.7 Å². The van der Waals surface area contributed by atoms with E-state index in [0.29, 0.717) is 30.1 Å². The molecule has 2 amide bonds. The number of anilines is 2. The number of para-hydroxylation sites is 1. The molecule has 1 heterocycles. The SMILES string of the molecule is COc1ccc(N([C@H](C)C(=O)Nc2ccccc2C(=O)N2CCCC2)S(C)(=O)=O)cc1Cl. The molecular weight excluding hydrogens is 454 g/mol. The van der Waals surface area contributed by atoms with Crippen molar-refractivity contribution in [2.45, 2.75) is 25.8 Å². The van der Waals surface area contributed by atoms with Crippen molar-refractivity contribution in [3.63, 3.8) is 0 Å². The molecule has 3 rings (SSSR count). The number of ether oxygens (including phenoxy) is 1. The Kier molecular flexibility index (Phi) is 7.30. The first kappa shape index (κ1) is 23.9. The zero-order valence-electron chi connectivity index (χ0n) is 18.2. The lowest BCUT2D eigenvalue weighted by Crippen LogP contribution is -2.45. The average molecular weight is 480 g/mol. The van der Waals surface area contributed by atoms with Gasteiger partial charge in [-0.2, -0.15) is 0 Å². The number of benzene rings is 2. The summed E-state index contributed by atoms with van der Waals surface area (Å²) in [7, 11) is -2.38. The Morgan fingerprint density at radius 2 is 1.81 bits per heavy atom. The van der Waals surface area contributed by atoms with Gasteiger partial charge in [0.2, 0.25) is 15.9 Å². The van der Waals surface area contributed by atoms with Gasteiger partial charge in [0.15, 0.2) is 0 Å². The van der Waals surface area contributed by atoms with Gasteiger partial charge in [0, 0.05) is 13.1 Å². The number of hydrogen-bond acceptors (Lipinski definition) is 5. The number of nitrogens with one attached hydrogen (secondary N) is 1. The minimum absolute atomic E-state index is 0.159. The van der Waals surface area contributed by atoms with Crippen LogP contribution in [0.5, 0.6) is 5.75 Å². The van der Waals surface area contributed by atoms with Crippen LogP contribution in [0, 0.1) is 0 Å². The predicted octanol–water partition coefficient (Wildman–Crippen LogP) is 3.38. The summed E-state index contributed by atoms with van der Waals surface area (Å²) in [6, 6.07) is 10.1. The van der Waals surface area contributed by atoms with Gasteiger partial charge < -0.3 is 15.0 Å². The smallest absolute Gasteiger partial charge is 0.255 e. The maximum Gasteiger partial charge on any atom is 0.255 e. The van der Waals surface area contributed by atoms with Crippen LogP contribution in [0.15, 0.2) is 42.5 Å². The van der Waals surface area contributed by atoms with Crippen LogP contribution in [0.3, 0.4) is 0 Å². The summed E-state index contributed by atoms with van der Waals surface area (Å²) >= 11 is 6.17. The van der Waals surface area contributed by atoms with Crippen LogP contribution in [0.25, 0.3) is 0 Å². The third kappa shape index (κ3) is 5.16. The molecule has 0 aliphatic carbocycles. The number of hydrogen-bond donors (Lipinski definition) is 1. The lowest BCUT2D eigenvalue weighted by atomic mass is 10.1. The molecule has 1 saturated heterocycles. The molecule has 0 unspecified atom stereocenters. The number of amides is 2. The molecule has 1 fully saturated rings. The lowest BCUT2D eigenvalue weighted by Gasteiger charge is -2.29. The molecule has 32 heavy (non-hydrogen) atoms. The molecule has 172 valence electrons. The molecule has 0 radical (unpaired) electrons. The van der Waals surface area contributed by atoms with Gasteiger partial charge in [-0.25, -0.2) is 8.42 Å². The molecule has 2 aromatic carbocycles. The molecule has 0 aromatic heterocycles. The molecule has 0 saturated carbocycles. The van der Waals surface area contributed by atoms with Gasteiger partial charge in [0.1, 0.15) is 11.8 Å². The van der Waals surface area contributed by atoms with Crippen LogP contribution < -0.4 is 14.4 Å². The van der Waals surface area contributed by atoms with Gasteiger partial charge in [-0.3, -0.25) is 13.9 Å². The fourth-order valence-electron chi connectivity index (χ4n) is 3.71. The number of nitrogens with zero attached hydrogens (tertiary/aromatic N) is 2. The fraction of sp³-hybridized carbons (Fsp3) is 0.364. The lowest BCUT2D eigenvalue weighted by molar-refractivity contribution is -0.116. The maximum absolute atomic E-state index is 13.1. The third-order valence-corrected chi connectivity index (χ3v) is 6.82. The number of carbonyl (C=O) groups is 2. The van der Waals surface area contributed by atoms with Crippen molar-refractivity contribution in [1.82, 2.24) is 4.90 Å². The standard InChI is InChI=1S/C22H26ClN3O5S/c1-15(26(32(3,29)30)16-10-11-20(31-2)18(23)14-16)21(27)24-19-9-5-4-8-17(19)22(28)25-12-6-7-13-25/h4-5,8-11,14-15H,6-7,12-13H2,1-3H3,(H,24,27)/t15-/m1/s1. The second-order valence-corrected chi connectivity index (χ2v) is 9.85. The normalized spacial score (nSPS) is 14.7. The molecular formula is C22H26ClN3O5S. The van der Waals surface area contributed by atoms with Crippen LogP contribution in [0.1, 0.15) is 30.1 Å². The Morgan fingerprint density at radius 1 is 1.16 bits per heavy atom. The van der Waals surface area contributed by atoms with E-state index in [-0.39, 0.29) is 16.6 Å². The summed E-state index contributed by atoms with van der Waals surface area (Å²) in [6.07, 6.45) is 2.91. The van der Waals surface area contributed by atoms with E-state index < -0.39 is 22.0 Å². The minimum Gasteiger partial charge on any atom is -0.495 e. The summed E-state index contributed by atoms with van der Waals surface area (Å²) in [6.45, 7) is 2.83. The highest BCUT2D eigenvalue weighted by Crippen LogP contribution is 2.31. The highest BCUT2D eigenvalue weighted by Gasteiger charge is 2.31. The van der Waals surface area contributed by atoms with Gasteiger partial charge in [0.25, 0.3) is 5.91 Å². The van der Waals surface area contributed by atoms with Crippen molar-refractivity contribution in [3.8, 4) is 5.75 Å². The van der Waals surface area contributed by atoms with E-state index in [1.54, 1.807) is 29.2 Å².